The molecule has 0 bridgehead atoms. The van der Waals surface area contributed by atoms with Crippen LogP contribution in [0.1, 0.15) is 25.8 Å². The third-order valence-corrected chi connectivity index (χ3v) is 2.27. The molecule has 0 amide bonds. The molecule has 0 spiro atoms. The van der Waals surface area contributed by atoms with Crippen LogP contribution >= 0.6 is 0 Å². The van der Waals surface area contributed by atoms with Crippen LogP contribution in [0.3, 0.4) is 0 Å². The predicted octanol–water partition coefficient (Wildman–Crippen LogP) is 2.23. The van der Waals surface area contributed by atoms with Gasteiger partial charge in [0, 0.05) is 12.6 Å². The van der Waals surface area contributed by atoms with Crippen molar-refractivity contribution in [2.45, 2.75) is 32.7 Å². The van der Waals surface area contributed by atoms with E-state index in [2.05, 4.69) is 12.2 Å². The molecule has 0 saturated carbocycles. The lowest BCUT2D eigenvalue weighted by Gasteiger charge is -2.17. The van der Waals surface area contributed by atoms with Crippen molar-refractivity contribution in [3.63, 3.8) is 0 Å². The van der Waals surface area contributed by atoms with Crippen LogP contribution in [0.15, 0.2) is 23.0 Å². The second kappa shape index (κ2) is 7.49. The van der Waals surface area contributed by atoms with Crippen molar-refractivity contribution in [3.05, 3.63) is 24.2 Å². The summed E-state index contributed by atoms with van der Waals surface area (Å²) in [5, 5.41) is 3.48. The van der Waals surface area contributed by atoms with Crippen molar-refractivity contribution >= 4 is 0 Å². The number of hydrogen-bond donors (Lipinski definition) is 1. The molecule has 3 nitrogen and oxygen atoms in total. The van der Waals surface area contributed by atoms with Crippen molar-refractivity contribution in [2.75, 3.05) is 19.8 Å². The molecule has 3 heteroatoms. The number of ether oxygens (including phenoxy) is 1. The van der Waals surface area contributed by atoms with Crippen LogP contribution in [-0.4, -0.2) is 25.8 Å². The molecule has 15 heavy (non-hydrogen) atoms. The van der Waals surface area contributed by atoms with Gasteiger partial charge in [0.15, 0.2) is 0 Å². The van der Waals surface area contributed by atoms with Gasteiger partial charge in [-0.3, -0.25) is 0 Å². The summed E-state index contributed by atoms with van der Waals surface area (Å²) < 4.78 is 10.5. The molecule has 1 heterocycles. The highest BCUT2D eigenvalue weighted by Gasteiger charge is 2.09. The van der Waals surface area contributed by atoms with Gasteiger partial charge in [0.05, 0.1) is 19.1 Å². The first-order chi connectivity index (χ1) is 7.36. The molecular weight excluding hydrogens is 190 g/mol. The second-order valence-electron chi connectivity index (χ2n) is 3.65. The fraction of sp³-hybridized carbons (Fsp3) is 0.667. The maximum Gasteiger partial charge on any atom is 0.0935 e. The lowest BCUT2D eigenvalue weighted by molar-refractivity contribution is 0.122. The van der Waals surface area contributed by atoms with Crippen LogP contribution in [0, 0.1) is 0 Å². The number of hydrogen-bond acceptors (Lipinski definition) is 3. The van der Waals surface area contributed by atoms with E-state index in [0.29, 0.717) is 6.04 Å². The summed E-state index contributed by atoms with van der Waals surface area (Å²) in [4.78, 5) is 0. The summed E-state index contributed by atoms with van der Waals surface area (Å²) in [6, 6.07) is 2.40. The molecule has 1 aromatic rings. The molecule has 1 rings (SSSR count). The third kappa shape index (κ3) is 5.00. The van der Waals surface area contributed by atoms with Gasteiger partial charge in [0.2, 0.25) is 0 Å². The summed E-state index contributed by atoms with van der Waals surface area (Å²) in [6.45, 7) is 6.77. The minimum atomic E-state index is 0.391. The van der Waals surface area contributed by atoms with Crippen LogP contribution in [0.4, 0.5) is 0 Å². The zero-order chi connectivity index (χ0) is 10.9. The molecule has 1 aromatic heterocycles. The van der Waals surface area contributed by atoms with E-state index in [1.54, 1.807) is 12.5 Å². The molecule has 0 saturated heterocycles. The average molecular weight is 211 g/mol. The molecule has 1 unspecified atom stereocenters. The third-order valence-electron chi connectivity index (χ3n) is 2.27. The van der Waals surface area contributed by atoms with E-state index >= 15 is 0 Å². The molecule has 0 radical (unpaired) electrons. The van der Waals surface area contributed by atoms with E-state index in [0.717, 1.165) is 32.6 Å². The topological polar surface area (TPSA) is 34.4 Å². The Kier molecular flexibility index (Phi) is 6.12. The molecule has 0 aromatic carbocycles. The fourth-order valence-electron chi connectivity index (χ4n) is 1.49. The first-order valence-corrected chi connectivity index (χ1v) is 5.69. The van der Waals surface area contributed by atoms with Crippen molar-refractivity contribution < 1.29 is 9.15 Å². The van der Waals surface area contributed by atoms with Crippen molar-refractivity contribution in [1.29, 1.82) is 0 Å². The highest BCUT2D eigenvalue weighted by molar-refractivity contribution is 5.07. The van der Waals surface area contributed by atoms with Crippen molar-refractivity contribution in [2.24, 2.45) is 0 Å². The zero-order valence-corrected chi connectivity index (χ0v) is 9.66. The molecule has 0 aliphatic heterocycles. The highest BCUT2D eigenvalue weighted by atomic mass is 16.5. The van der Waals surface area contributed by atoms with Gasteiger partial charge in [-0.2, -0.15) is 0 Å². The average Bonchev–Trinajstić information content (AvgIpc) is 2.74. The fourth-order valence-corrected chi connectivity index (χ4v) is 1.49. The number of rotatable bonds is 8. The monoisotopic (exact) mass is 211 g/mol. The van der Waals surface area contributed by atoms with Gasteiger partial charge in [0.1, 0.15) is 0 Å². The van der Waals surface area contributed by atoms with Crippen molar-refractivity contribution in [3.8, 4) is 0 Å². The summed E-state index contributed by atoms with van der Waals surface area (Å²) >= 11 is 0. The van der Waals surface area contributed by atoms with Gasteiger partial charge < -0.3 is 14.5 Å². The summed E-state index contributed by atoms with van der Waals surface area (Å²) in [5.74, 6) is 0. The minimum Gasteiger partial charge on any atom is -0.472 e. The summed E-state index contributed by atoms with van der Waals surface area (Å²) in [7, 11) is 0. The first kappa shape index (κ1) is 12.3. The Morgan fingerprint density at radius 1 is 1.47 bits per heavy atom. The lowest BCUT2D eigenvalue weighted by Crippen LogP contribution is -2.35. The molecule has 0 fully saturated rings. The van der Waals surface area contributed by atoms with Crippen LogP contribution in [0.2, 0.25) is 0 Å². The summed E-state index contributed by atoms with van der Waals surface area (Å²) in [5.41, 5.74) is 1.23. The molecule has 86 valence electrons. The Morgan fingerprint density at radius 3 is 2.93 bits per heavy atom. The highest BCUT2D eigenvalue weighted by Crippen LogP contribution is 2.04. The Labute approximate surface area is 91.8 Å². The van der Waals surface area contributed by atoms with Crippen LogP contribution < -0.4 is 5.32 Å². The Balaban J connectivity index is 2.33. The van der Waals surface area contributed by atoms with E-state index in [9.17, 15) is 0 Å². The predicted molar refractivity (Wildman–Crippen MR) is 61.0 cm³/mol. The van der Waals surface area contributed by atoms with E-state index in [-0.39, 0.29) is 0 Å². The Hall–Kier alpha value is -0.800. The van der Waals surface area contributed by atoms with Gasteiger partial charge in [-0.15, -0.1) is 0 Å². The normalized spacial score (nSPS) is 12.9. The van der Waals surface area contributed by atoms with Gasteiger partial charge in [-0.05, 0) is 37.9 Å². The van der Waals surface area contributed by atoms with E-state index in [4.69, 9.17) is 9.15 Å². The van der Waals surface area contributed by atoms with Gasteiger partial charge in [0.25, 0.3) is 0 Å². The van der Waals surface area contributed by atoms with E-state index < -0.39 is 0 Å². The van der Waals surface area contributed by atoms with Crippen LogP contribution in [0.25, 0.3) is 0 Å². The number of nitrogens with one attached hydrogen (secondary N) is 1. The molecule has 1 atom stereocenters. The molecule has 0 aliphatic rings. The zero-order valence-electron chi connectivity index (χ0n) is 9.66. The minimum absolute atomic E-state index is 0.391. The maximum absolute atomic E-state index is 5.45. The van der Waals surface area contributed by atoms with E-state index in [1.807, 2.05) is 13.0 Å². The SMILES string of the molecule is CCCNC(COCC)Cc1ccoc1. The standard InChI is InChI=1S/C12H21NO2/c1-3-6-13-12(10-14-4-2)8-11-5-7-15-9-11/h5,7,9,12-13H,3-4,6,8,10H2,1-2H3. The molecule has 1 N–H and O–H groups in total. The molecule has 0 aliphatic carbocycles. The van der Waals surface area contributed by atoms with Crippen molar-refractivity contribution in [1.82, 2.24) is 5.32 Å². The van der Waals surface area contributed by atoms with Crippen LogP contribution in [0.5, 0.6) is 0 Å². The van der Waals surface area contributed by atoms with Crippen LogP contribution in [-0.2, 0) is 11.2 Å². The summed E-state index contributed by atoms with van der Waals surface area (Å²) in [6.07, 6.45) is 5.63. The smallest absolute Gasteiger partial charge is 0.0935 e. The quantitative estimate of drug-likeness (QED) is 0.716. The second-order valence-corrected chi connectivity index (χ2v) is 3.65. The van der Waals surface area contributed by atoms with Gasteiger partial charge in [-0.1, -0.05) is 6.92 Å². The lowest BCUT2D eigenvalue weighted by atomic mass is 10.1. The first-order valence-electron chi connectivity index (χ1n) is 5.69. The maximum atomic E-state index is 5.45. The van der Waals surface area contributed by atoms with E-state index in [1.165, 1.54) is 5.56 Å². The molecular formula is C12H21NO2. The Bertz CT molecular complexity index is 226. The number of furan rings is 1. The largest absolute Gasteiger partial charge is 0.472 e. The Morgan fingerprint density at radius 2 is 2.33 bits per heavy atom. The van der Waals surface area contributed by atoms with Gasteiger partial charge >= 0.3 is 0 Å². The van der Waals surface area contributed by atoms with Gasteiger partial charge in [-0.25, -0.2) is 0 Å².